The summed E-state index contributed by atoms with van der Waals surface area (Å²) < 4.78 is 4.08. The fraction of sp³-hybridized carbons (Fsp3) is 0.500. The average Bonchev–Trinajstić information content (AvgIpc) is 1.87. The van der Waals surface area contributed by atoms with Crippen molar-refractivity contribution in [3.05, 3.63) is 0 Å². The molecule has 1 aliphatic heterocycles. The lowest BCUT2D eigenvalue weighted by Gasteiger charge is -1.79. The Morgan fingerprint density at radius 1 is 1.14 bits per heavy atom. The van der Waals surface area contributed by atoms with Crippen LogP contribution in [-0.4, -0.2) is 11.9 Å². The van der Waals surface area contributed by atoms with E-state index in [0.717, 1.165) is 0 Å². The predicted octanol–water partition coefficient (Wildman–Crippen LogP) is -0.150. The quantitative estimate of drug-likeness (QED) is 0.317. The van der Waals surface area contributed by atoms with Crippen molar-refractivity contribution in [3.63, 3.8) is 0 Å². The van der Waals surface area contributed by atoms with E-state index in [1.807, 2.05) is 0 Å². The zero-order valence-electron chi connectivity index (χ0n) is 3.64. The second-order valence-corrected chi connectivity index (χ2v) is 1.35. The minimum atomic E-state index is -0.398. The van der Waals surface area contributed by atoms with Crippen LogP contribution in [0.4, 0.5) is 0 Å². The molecule has 1 aliphatic rings. The lowest BCUT2D eigenvalue weighted by molar-refractivity contribution is -0.151. The van der Waals surface area contributed by atoms with Gasteiger partial charge in [0.25, 0.3) is 0 Å². The summed E-state index contributed by atoms with van der Waals surface area (Å²) >= 11 is 0. The first-order valence-corrected chi connectivity index (χ1v) is 2.02. The van der Waals surface area contributed by atoms with Crippen LogP contribution in [0, 0.1) is 0 Å². The molecule has 0 aromatic rings. The molecule has 0 aromatic carbocycles. The molecule has 1 rings (SSSR count). The van der Waals surface area contributed by atoms with Gasteiger partial charge < -0.3 is 4.74 Å². The van der Waals surface area contributed by atoms with E-state index in [1.54, 1.807) is 0 Å². The Morgan fingerprint density at radius 2 is 1.57 bits per heavy atom. The fourth-order valence-corrected chi connectivity index (χ4v) is 0.433. The van der Waals surface area contributed by atoms with Gasteiger partial charge in [0.1, 0.15) is 0 Å². The van der Waals surface area contributed by atoms with Gasteiger partial charge in [0.2, 0.25) is 0 Å². The van der Waals surface area contributed by atoms with Gasteiger partial charge in [-0.3, -0.25) is 9.59 Å². The highest BCUT2D eigenvalue weighted by molar-refractivity contribution is 5.92. The molecule has 38 valence electrons. The summed E-state index contributed by atoms with van der Waals surface area (Å²) in [6, 6.07) is 0. The molecule has 0 atom stereocenters. The second-order valence-electron chi connectivity index (χ2n) is 1.35. The molecule has 3 heteroatoms. The van der Waals surface area contributed by atoms with Crippen LogP contribution in [0.2, 0.25) is 0 Å². The SMILES string of the molecule is O=[14C]1CC[14C](=O)O1. The molecular weight excluding hydrogens is 100 g/mol. The molecular formula is C4H4O3. The van der Waals surface area contributed by atoms with E-state index in [0.29, 0.717) is 0 Å². The normalized spacial score (nSPS) is 20.0. The largest absolute Gasteiger partial charge is 0.393 e. The zero-order chi connectivity index (χ0) is 5.28. The molecule has 0 unspecified atom stereocenters. The van der Waals surface area contributed by atoms with Crippen molar-refractivity contribution in [2.75, 3.05) is 0 Å². The van der Waals surface area contributed by atoms with Crippen LogP contribution < -0.4 is 0 Å². The summed E-state index contributed by atoms with van der Waals surface area (Å²) in [6.45, 7) is 0. The number of carbonyl (C=O) groups is 2. The Balaban J connectivity index is 2.55. The number of rotatable bonds is 0. The van der Waals surface area contributed by atoms with Crippen LogP contribution in [0.15, 0.2) is 0 Å². The first-order valence-electron chi connectivity index (χ1n) is 2.02. The minimum Gasteiger partial charge on any atom is -0.393 e. The molecule has 0 spiro atoms. The number of hydrogen-bond acceptors (Lipinski definition) is 3. The van der Waals surface area contributed by atoms with E-state index in [1.165, 1.54) is 0 Å². The van der Waals surface area contributed by atoms with Gasteiger partial charge in [-0.15, -0.1) is 0 Å². The lowest BCUT2D eigenvalue weighted by Crippen LogP contribution is -1.94. The van der Waals surface area contributed by atoms with Gasteiger partial charge in [0.15, 0.2) is 0 Å². The summed E-state index contributed by atoms with van der Waals surface area (Å²) in [7, 11) is 0. The molecule has 3 nitrogen and oxygen atoms in total. The molecule has 7 heavy (non-hydrogen) atoms. The number of esters is 2. The Hall–Kier alpha value is -0.860. The molecule has 1 heterocycles. The highest BCUT2D eigenvalue weighted by Crippen LogP contribution is 2.03. The molecule has 0 aliphatic carbocycles. The number of carbonyl (C=O) groups excluding carboxylic acids is 2. The Bertz CT molecular complexity index is 102. The Kier molecular flexibility index (Phi) is 0.817. The fourth-order valence-electron chi connectivity index (χ4n) is 0.433. The summed E-state index contributed by atoms with van der Waals surface area (Å²) in [5.74, 6) is -0.796. The molecule has 0 radical (unpaired) electrons. The van der Waals surface area contributed by atoms with E-state index in [4.69, 9.17) is 0 Å². The highest BCUT2D eigenvalue weighted by atomic mass is 16.9. The summed E-state index contributed by atoms with van der Waals surface area (Å²) in [4.78, 5) is 20.0. The summed E-state index contributed by atoms with van der Waals surface area (Å²) in [6.07, 6.45) is 0.525. The predicted molar refractivity (Wildman–Crippen MR) is 20.3 cm³/mol. The third-order valence-electron chi connectivity index (χ3n) is 0.761. The minimum absolute atomic E-state index is 0.263. The van der Waals surface area contributed by atoms with Crippen LogP contribution in [0.5, 0.6) is 0 Å². The average molecular weight is 104 g/mol. The van der Waals surface area contributed by atoms with E-state index in [2.05, 4.69) is 4.74 Å². The molecule has 0 amide bonds. The maximum atomic E-state index is 10.0. The van der Waals surface area contributed by atoms with Gasteiger partial charge in [-0.25, -0.2) is 0 Å². The molecule has 1 saturated heterocycles. The smallest absolute Gasteiger partial charge is 0.314 e. The van der Waals surface area contributed by atoms with Gasteiger partial charge in [-0.1, -0.05) is 0 Å². The Labute approximate surface area is 40.3 Å². The topological polar surface area (TPSA) is 43.4 Å². The van der Waals surface area contributed by atoms with Gasteiger partial charge in [0.05, 0.1) is 12.8 Å². The van der Waals surface area contributed by atoms with Crippen molar-refractivity contribution in [2.24, 2.45) is 0 Å². The van der Waals surface area contributed by atoms with E-state index < -0.39 is 11.9 Å². The van der Waals surface area contributed by atoms with Gasteiger partial charge in [-0.05, 0) is 0 Å². The van der Waals surface area contributed by atoms with Crippen LogP contribution >= 0.6 is 0 Å². The van der Waals surface area contributed by atoms with Crippen molar-refractivity contribution in [1.29, 1.82) is 0 Å². The van der Waals surface area contributed by atoms with Crippen molar-refractivity contribution in [2.45, 2.75) is 12.8 Å². The molecule has 0 aromatic heterocycles. The highest BCUT2D eigenvalue weighted by Gasteiger charge is 2.19. The number of cyclic esters (lactones) is 2. The second kappa shape index (κ2) is 1.33. The third kappa shape index (κ3) is 0.765. The monoisotopic (exact) mass is 104 g/mol. The summed E-state index contributed by atoms with van der Waals surface area (Å²) in [5, 5.41) is 0. The first-order chi connectivity index (χ1) is 3.29. The molecule has 0 saturated carbocycles. The number of ether oxygens (including phenoxy) is 1. The molecule has 0 N–H and O–H groups in total. The van der Waals surface area contributed by atoms with Crippen molar-refractivity contribution < 1.29 is 14.3 Å². The van der Waals surface area contributed by atoms with Gasteiger partial charge in [-0.2, -0.15) is 0 Å². The van der Waals surface area contributed by atoms with Crippen LogP contribution in [0.3, 0.4) is 0 Å². The summed E-state index contributed by atoms with van der Waals surface area (Å²) in [5.41, 5.74) is 0. The molecule has 1 fully saturated rings. The van der Waals surface area contributed by atoms with Crippen LogP contribution in [0.25, 0.3) is 0 Å². The van der Waals surface area contributed by atoms with Crippen molar-refractivity contribution >= 4 is 11.9 Å². The third-order valence-corrected chi connectivity index (χ3v) is 0.761. The van der Waals surface area contributed by atoms with Gasteiger partial charge in [0, 0.05) is 0 Å². The Morgan fingerprint density at radius 3 is 1.71 bits per heavy atom. The van der Waals surface area contributed by atoms with Crippen LogP contribution in [-0.2, 0) is 14.3 Å². The van der Waals surface area contributed by atoms with Gasteiger partial charge >= 0.3 is 11.9 Å². The zero-order valence-corrected chi connectivity index (χ0v) is 3.64. The first kappa shape index (κ1) is 4.30. The van der Waals surface area contributed by atoms with Crippen LogP contribution in [0.1, 0.15) is 12.8 Å². The van der Waals surface area contributed by atoms with E-state index in [9.17, 15) is 9.59 Å². The standard InChI is InChI=1S/C4H4O3/c5-3-1-2-4(6)7-3/h1-2H2/i3+2,4+2. The van der Waals surface area contributed by atoms with E-state index >= 15 is 0 Å². The maximum Gasteiger partial charge on any atom is 0.314 e. The number of hydrogen-bond donors (Lipinski definition) is 0. The van der Waals surface area contributed by atoms with Crippen molar-refractivity contribution in [1.82, 2.24) is 0 Å². The lowest BCUT2D eigenvalue weighted by atomic mass is 10.7. The maximum absolute atomic E-state index is 10.0. The van der Waals surface area contributed by atoms with Crippen molar-refractivity contribution in [3.8, 4) is 0 Å². The van der Waals surface area contributed by atoms with E-state index in [-0.39, 0.29) is 12.8 Å². The molecule has 0 bridgehead atoms.